The van der Waals surface area contributed by atoms with Gasteiger partial charge in [0.05, 0.1) is 5.52 Å². The summed E-state index contributed by atoms with van der Waals surface area (Å²) in [5.41, 5.74) is 6.47. The number of fused-ring (bicyclic) bond motifs is 1. The van der Waals surface area contributed by atoms with Crippen molar-refractivity contribution in [2.45, 2.75) is 6.92 Å². The lowest BCUT2D eigenvalue weighted by molar-refractivity contribution is 0.244. The maximum atomic E-state index is 8.98. The highest BCUT2D eigenvalue weighted by Crippen LogP contribution is 2.20. The van der Waals surface area contributed by atoms with Gasteiger partial charge in [-0.15, -0.1) is 0 Å². The molecule has 4 N–H and O–H groups in total. The Morgan fingerprint density at radius 2 is 2.12 bits per heavy atom. The first kappa shape index (κ1) is 11.6. The lowest BCUT2D eigenvalue weighted by Crippen LogP contribution is -2.16. The molecule has 90 valence electrons. The first-order valence-electron chi connectivity index (χ1n) is 5.57. The number of nitrogens with two attached hydrogens (primary N) is 1. The molecule has 2 rings (SSSR count). The summed E-state index contributed by atoms with van der Waals surface area (Å²) in [4.78, 5) is 8.34. The van der Waals surface area contributed by atoms with Crippen molar-refractivity contribution >= 4 is 22.7 Å². The van der Waals surface area contributed by atoms with Crippen molar-refractivity contribution in [2.24, 2.45) is 5.92 Å². The number of aliphatic hydroxyl groups is 1. The zero-order valence-corrected chi connectivity index (χ0v) is 9.72. The van der Waals surface area contributed by atoms with Crippen LogP contribution < -0.4 is 11.1 Å². The summed E-state index contributed by atoms with van der Waals surface area (Å²) in [7, 11) is 0. The van der Waals surface area contributed by atoms with Crippen LogP contribution in [0, 0.1) is 5.92 Å². The van der Waals surface area contributed by atoms with Gasteiger partial charge in [-0.25, -0.2) is 4.98 Å². The molecule has 0 fully saturated rings. The van der Waals surface area contributed by atoms with Crippen molar-refractivity contribution in [1.29, 1.82) is 0 Å². The van der Waals surface area contributed by atoms with Crippen LogP contribution in [0.15, 0.2) is 24.3 Å². The van der Waals surface area contributed by atoms with Gasteiger partial charge < -0.3 is 16.2 Å². The van der Waals surface area contributed by atoms with Crippen LogP contribution in [-0.2, 0) is 0 Å². The quantitative estimate of drug-likeness (QED) is 0.739. The molecule has 0 aliphatic rings. The van der Waals surface area contributed by atoms with E-state index in [1.165, 1.54) is 0 Å². The molecule has 1 aromatic carbocycles. The van der Waals surface area contributed by atoms with Crippen LogP contribution in [-0.4, -0.2) is 28.2 Å². The number of hydrogen-bond donors (Lipinski definition) is 3. The minimum Gasteiger partial charge on any atom is -0.396 e. The largest absolute Gasteiger partial charge is 0.396 e. The first-order chi connectivity index (χ1) is 8.20. The van der Waals surface area contributed by atoms with Crippen LogP contribution in [0.5, 0.6) is 0 Å². The summed E-state index contributed by atoms with van der Waals surface area (Å²) < 4.78 is 0. The predicted molar refractivity (Wildman–Crippen MR) is 68.7 cm³/mol. The molecule has 0 spiro atoms. The normalized spacial score (nSPS) is 12.6. The van der Waals surface area contributed by atoms with Gasteiger partial charge in [0.1, 0.15) is 5.82 Å². The van der Waals surface area contributed by atoms with Gasteiger partial charge >= 0.3 is 0 Å². The van der Waals surface area contributed by atoms with E-state index < -0.39 is 0 Å². The highest BCUT2D eigenvalue weighted by Gasteiger charge is 2.06. The van der Waals surface area contributed by atoms with Crippen molar-refractivity contribution in [3.63, 3.8) is 0 Å². The van der Waals surface area contributed by atoms with Gasteiger partial charge in [0.15, 0.2) is 0 Å². The molecule has 2 aromatic rings. The lowest BCUT2D eigenvalue weighted by Gasteiger charge is -2.12. The van der Waals surface area contributed by atoms with Crippen LogP contribution >= 0.6 is 0 Å². The van der Waals surface area contributed by atoms with Crippen molar-refractivity contribution in [2.75, 3.05) is 24.2 Å². The summed E-state index contributed by atoms with van der Waals surface area (Å²) in [6.07, 6.45) is 0. The molecule has 0 amide bonds. The van der Waals surface area contributed by atoms with Gasteiger partial charge in [-0.1, -0.05) is 19.1 Å². The second-order valence-corrected chi connectivity index (χ2v) is 4.12. The Morgan fingerprint density at radius 3 is 2.88 bits per heavy atom. The molecule has 17 heavy (non-hydrogen) atoms. The van der Waals surface area contributed by atoms with E-state index in [9.17, 15) is 0 Å². The number of anilines is 2. The first-order valence-corrected chi connectivity index (χ1v) is 5.57. The second kappa shape index (κ2) is 4.97. The van der Waals surface area contributed by atoms with Crippen LogP contribution in [0.2, 0.25) is 0 Å². The molecular weight excluding hydrogens is 216 g/mol. The molecule has 5 heteroatoms. The number of nitrogen functional groups attached to an aromatic ring is 1. The Bertz CT molecular complexity index is 515. The van der Waals surface area contributed by atoms with Crippen LogP contribution in [0.4, 0.5) is 11.8 Å². The summed E-state index contributed by atoms with van der Waals surface area (Å²) >= 11 is 0. The number of nitrogens with zero attached hydrogens (tertiary/aromatic N) is 2. The van der Waals surface area contributed by atoms with Gasteiger partial charge in [-0.3, -0.25) is 0 Å². The molecular formula is C12H16N4O. The van der Waals surface area contributed by atoms with E-state index in [1.54, 1.807) is 0 Å². The van der Waals surface area contributed by atoms with Gasteiger partial charge in [-0.05, 0) is 18.1 Å². The molecule has 1 heterocycles. The van der Waals surface area contributed by atoms with E-state index in [-0.39, 0.29) is 18.5 Å². The molecule has 0 radical (unpaired) electrons. The van der Waals surface area contributed by atoms with Crippen molar-refractivity contribution < 1.29 is 5.11 Å². The van der Waals surface area contributed by atoms with E-state index >= 15 is 0 Å². The molecule has 0 bridgehead atoms. The number of para-hydroxylation sites is 1. The number of rotatable bonds is 4. The van der Waals surface area contributed by atoms with Crippen LogP contribution in [0.1, 0.15) is 6.92 Å². The predicted octanol–water partition coefficient (Wildman–Crippen LogP) is 1.25. The maximum Gasteiger partial charge on any atom is 0.222 e. The van der Waals surface area contributed by atoms with E-state index in [4.69, 9.17) is 10.8 Å². The minimum absolute atomic E-state index is 0.144. The highest BCUT2D eigenvalue weighted by atomic mass is 16.3. The minimum atomic E-state index is 0.144. The monoisotopic (exact) mass is 232 g/mol. The van der Waals surface area contributed by atoms with E-state index in [1.807, 2.05) is 31.2 Å². The average Bonchev–Trinajstić information content (AvgIpc) is 2.35. The summed E-state index contributed by atoms with van der Waals surface area (Å²) in [6, 6.07) is 7.69. The Hall–Kier alpha value is -1.88. The maximum absolute atomic E-state index is 8.98. The van der Waals surface area contributed by atoms with Gasteiger partial charge in [0.2, 0.25) is 5.95 Å². The SMILES string of the molecule is CC(CO)CNc1nc(N)nc2ccccc12. The van der Waals surface area contributed by atoms with Gasteiger partial charge in [0, 0.05) is 18.5 Å². The Kier molecular flexibility index (Phi) is 3.39. The average molecular weight is 232 g/mol. The van der Waals surface area contributed by atoms with E-state index in [0.717, 1.165) is 10.9 Å². The Labute approximate surface area is 99.7 Å². The fourth-order valence-corrected chi connectivity index (χ4v) is 1.56. The van der Waals surface area contributed by atoms with Crippen molar-refractivity contribution in [1.82, 2.24) is 9.97 Å². The summed E-state index contributed by atoms with van der Waals surface area (Å²) in [6.45, 7) is 2.75. The summed E-state index contributed by atoms with van der Waals surface area (Å²) in [5, 5.41) is 13.1. The zero-order chi connectivity index (χ0) is 12.3. The molecule has 1 atom stereocenters. The third kappa shape index (κ3) is 2.62. The number of aliphatic hydroxyl groups excluding tert-OH is 1. The second-order valence-electron chi connectivity index (χ2n) is 4.12. The van der Waals surface area contributed by atoms with Gasteiger partial charge in [0.25, 0.3) is 0 Å². The fourth-order valence-electron chi connectivity index (χ4n) is 1.56. The highest BCUT2D eigenvalue weighted by molar-refractivity contribution is 5.89. The van der Waals surface area contributed by atoms with E-state index in [2.05, 4.69) is 15.3 Å². The smallest absolute Gasteiger partial charge is 0.222 e. The fraction of sp³-hybridized carbons (Fsp3) is 0.333. The standard InChI is InChI=1S/C12H16N4O/c1-8(7-17)6-14-11-9-4-2-3-5-10(9)15-12(13)16-11/h2-5,8,17H,6-7H2,1H3,(H3,13,14,15,16). The number of nitrogens with one attached hydrogen (secondary N) is 1. The molecule has 0 aliphatic heterocycles. The number of hydrogen-bond acceptors (Lipinski definition) is 5. The third-order valence-corrected chi connectivity index (χ3v) is 2.55. The zero-order valence-electron chi connectivity index (χ0n) is 9.72. The molecule has 0 aliphatic carbocycles. The molecule has 5 nitrogen and oxygen atoms in total. The van der Waals surface area contributed by atoms with E-state index in [0.29, 0.717) is 12.4 Å². The number of aromatic nitrogens is 2. The van der Waals surface area contributed by atoms with Crippen LogP contribution in [0.3, 0.4) is 0 Å². The van der Waals surface area contributed by atoms with Gasteiger partial charge in [-0.2, -0.15) is 4.98 Å². The molecule has 1 unspecified atom stereocenters. The van der Waals surface area contributed by atoms with Crippen LogP contribution in [0.25, 0.3) is 10.9 Å². The molecule has 0 saturated heterocycles. The Morgan fingerprint density at radius 1 is 1.35 bits per heavy atom. The topological polar surface area (TPSA) is 84.1 Å². The third-order valence-electron chi connectivity index (χ3n) is 2.55. The van der Waals surface area contributed by atoms with Crippen molar-refractivity contribution in [3.8, 4) is 0 Å². The molecule has 1 aromatic heterocycles. The summed E-state index contributed by atoms with van der Waals surface area (Å²) in [5.74, 6) is 1.14. The Balaban J connectivity index is 2.32. The lowest BCUT2D eigenvalue weighted by atomic mass is 10.2. The number of benzene rings is 1. The van der Waals surface area contributed by atoms with Crippen molar-refractivity contribution in [3.05, 3.63) is 24.3 Å². The molecule has 0 saturated carbocycles.